The molecule has 30 heavy (non-hydrogen) atoms. The second-order valence-corrected chi connectivity index (χ2v) is 8.03. The van der Waals surface area contributed by atoms with Gasteiger partial charge in [-0.2, -0.15) is 0 Å². The summed E-state index contributed by atoms with van der Waals surface area (Å²) in [6, 6.07) is 9.92. The van der Waals surface area contributed by atoms with Crippen LogP contribution in [0, 0.1) is 10.1 Å². The molecule has 0 aromatic heterocycles. The number of ketones is 1. The van der Waals surface area contributed by atoms with E-state index in [2.05, 4.69) is 15.9 Å². The van der Waals surface area contributed by atoms with Crippen LogP contribution in [0.4, 0.5) is 11.4 Å². The quantitative estimate of drug-likeness (QED) is 0.304. The van der Waals surface area contributed by atoms with Crippen molar-refractivity contribution >= 4 is 39.0 Å². The number of non-ortho nitro benzene ring substituents is 1. The van der Waals surface area contributed by atoms with Crippen molar-refractivity contribution < 1.29 is 24.4 Å². The summed E-state index contributed by atoms with van der Waals surface area (Å²) in [6.07, 6.45) is 0. The van der Waals surface area contributed by atoms with Crippen LogP contribution in [0.15, 0.2) is 46.9 Å². The molecule has 10 heteroatoms. The summed E-state index contributed by atoms with van der Waals surface area (Å²) < 4.78 is 5.92. The van der Waals surface area contributed by atoms with Gasteiger partial charge in [-0.3, -0.25) is 29.5 Å². The summed E-state index contributed by atoms with van der Waals surface area (Å²) in [5.74, 6) is -1.68. The molecule has 156 valence electrons. The van der Waals surface area contributed by atoms with E-state index in [9.17, 15) is 24.8 Å². The minimum atomic E-state index is -2.47. The van der Waals surface area contributed by atoms with E-state index < -0.39 is 22.2 Å². The molecule has 0 bridgehead atoms. The largest absolute Gasteiger partial charge is 0.379 e. The predicted octanol–water partition coefficient (Wildman–Crippen LogP) is 2.06. The molecule has 2 heterocycles. The first-order valence-corrected chi connectivity index (χ1v) is 10.1. The van der Waals surface area contributed by atoms with Crippen LogP contribution >= 0.6 is 15.9 Å². The van der Waals surface area contributed by atoms with Gasteiger partial charge >= 0.3 is 0 Å². The minimum absolute atomic E-state index is 0.112. The Bertz CT molecular complexity index is 1040. The molecule has 0 spiro atoms. The zero-order chi connectivity index (χ0) is 21.5. The highest BCUT2D eigenvalue weighted by atomic mass is 79.9. The molecule has 0 saturated carbocycles. The molecule has 2 aliphatic rings. The Labute approximate surface area is 180 Å². The number of fused-ring (bicyclic) bond motifs is 1. The average Bonchev–Trinajstić information content (AvgIpc) is 2.96. The molecule has 1 N–H and O–H groups in total. The number of morpholine rings is 1. The monoisotopic (exact) mass is 475 g/mol. The number of benzene rings is 2. The maximum Gasteiger partial charge on any atom is 0.273 e. The number of aliphatic hydroxyl groups is 1. The Morgan fingerprint density at radius 3 is 2.67 bits per heavy atom. The Hall–Kier alpha value is -2.66. The first kappa shape index (κ1) is 20.6. The standard InChI is InChI=1S/C20H18BrN3O6/c21-14-4-5-17-16(11-14)20(27,18(25)13-2-1-3-15(10-13)24(28)29)19(26)23(17)12-22-6-8-30-9-7-22/h1-5,10-11,27H,6-9,12H2/t20-/m0/s1. The first-order chi connectivity index (χ1) is 14.3. The minimum Gasteiger partial charge on any atom is -0.379 e. The number of halogens is 1. The molecule has 1 fully saturated rings. The van der Waals surface area contributed by atoms with Gasteiger partial charge in [-0.05, 0) is 18.2 Å². The maximum absolute atomic E-state index is 13.4. The molecular weight excluding hydrogens is 458 g/mol. The van der Waals surface area contributed by atoms with Crippen LogP contribution in [-0.2, 0) is 15.1 Å². The molecule has 2 aromatic carbocycles. The number of anilines is 1. The lowest BCUT2D eigenvalue weighted by Gasteiger charge is -2.31. The third-order valence-corrected chi connectivity index (χ3v) is 5.78. The SMILES string of the molecule is O=C(c1cccc([N+](=O)[O-])c1)[C@]1(O)C(=O)N(CN2CCOCC2)c2ccc(Br)cc21. The summed E-state index contributed by atoms with van der Waals surface area (Å²) in [6.45, 7) is 2.50. The van der Waals surface area contributed by atoms with E-state index in [1.165, 1.54) is 29.2 Å². The molecular formula is C20H18BrN3O6. The van der Waals surface area contributed by atoms with Gasteiger partial charge in [0.2, 0.25) is 11.4 Å². The number of rotatable bonds is 5. The molecule has 9 nitrogen and oxygen atoms in total. The Kier molecular flexibility index (Phi) is 5.41. The highest BCUT2D eigenvalue weighted by Gasteiger charge is 2.55. The number of carbonyl (C=O) groups is 2. The zero-order valence-corrected chi connectivity index (χ0v) is 17.4. The van der Waals surface area contributed by atoms with Crippen LogP contribution in [0.5, 0.6) is 0 Å². The molecule has 0 aliphatic carbocycles. The summed E-state index contributed by atoms with van der Waals surface area (Å²) in [5, 5.41) is 22.5. The number of hydrogen-bond donors (Lipinski definition) is 1. The van der Waals surface area contributed by atoms with Crippen LogP contribution in [0.3, 0.4) is 0 Å². The predicted molar refractivity (Wildman–Crippen MR) is 110 cm³/mol. The fourth-order valence-electron chi connectivity index (χ4n) is 3.73. The van der Waals surface area contributed by atoms with Gasteiger partial charge in [0.15, 0.2) is 0 Å². The average molecular weight is 476 g/mol. The van der Waals surface area contributed by atoms with Crippen molar-refractivity contribution in [2.75, 3.05) is 37.9 Å². The number of nitro groups is 1. The van der Waals surface area contributed by atoms with Gasteiger partial charge < -0.3 is 9.84 Å². The van der Waals surface area contributed by atoms with Crippen molar-refractivity contribution in [1.82, 2.24) is 4.90 Å². The summed E-state index contributed by atoms with van der Waals surface area (Å²) in [4.78, 5) is 40.5. The van der Waals surface area contributed by atoms with Crippen molar-refractivity contribution in [3.05, 3.63) is 68.2 Å². The van der Waals surface area contributed by atoms with Gasteiger partial charge in [0, 0.05) is 40.8 Å². The van der Waals surface area contributed by atoms with Crippen LogP contribution in [0.2, 0.25) is 0 Å². The lowest BCUT2D eigenvalue weighted by molar-refractivity contribution is -0.384. The van der Waals surface area contributed by atoms with Crippen molar-refractivity contribution in [3.8, 4) is 0 Å². The van der Waals surface area contributed by atoms with Crippen molar-refractivity contribution in [2.24, 2.45) is 0 Å². The van der Waals surface area contributed by atoms with Crippen LogP contribution in [0.1, 0.15) is 15.9 Å². The number of hydrogen-bond acceptors (Lipinski definition) is 7. The third-order valence-electron chi connectivity index (χ3n) is 5.29. The smallest absolute Gasteiger partial charge is 0.273 e. The normalized spacial score (nSPS) is 21.5. The number of nitrogens with zero attached hydrogens (tertiary/aromatic N) is 3. The molecule has 4 rings (SSSR count). The number of ether oxygens (including phenoxy) is 1. The number of Topliss-reactive ketones (excluding diaryl/α,β-unsaturated/α-hetero) is 1. The third kappa shape index (κ3) is 3.41. The van der Waals surface area contributed by atoms with Crippen LogP contribution in [0.25, 0.3) is 0 Å². The summed E-state index contributed by atoms with van der Waals surface area (Å²) in [7, 11) is 0. The van der Waals surface area contributed by atoms with E-state index >= 15 is 0 Å². The molecule has 2 aromatic rings. The van der Waals surface area contributed by atoms with Crippen molar-refractivity contribution in [1.29, 1.82) is 0 Å². The number of carbonyl (C=O) groups excluding carboxylic acids is 2. The first-order valence-electron chi connectivity index (χ1n) is 9.26. The highest BCUT2D eigenvalue weighted by Crippen LogP contribution is 2.43. The number of nitro benzene ring substituents is 1. The molecule has 1 amide bonds. The van der Waals surface area contributed by atoms with Gasteiger partial charge in [-0.1, -0.05) is 28.1 Å². The summed E-state index contributed by atoms with van der Waals surface area (Å²) >= 11 is 3.32. The lowest BCUT2D eigenvalue weighted by atomic mass is 9.87. The van der Waals surface area contributed by atoms with E-state index in [4.69, 9.17) is 4.74 Å². The molecule has 2 aliphatic heterocycles. The van der Waals surface area contributed by atoms with E-state index in [1.54, 1.807) is 12.1 Å². The van der Waals surface area contributed by atoms with Crippen molar-refractivity contribution in [2.45, 2.75) is 5.60 Å². The summed E-state index contributed by atoms with van der Waals surface area (Å²) in [5.41, 5.74) is -2.31. The van der Waals surface area contributed by atoms with Crippen molar-refractivity contribution in [3.63, 3.8) is 0 Å². The lowest BCUT2D eigenvalue weighted by Crippen LogP contribution is -2.51. The molecule has 0 radical (unpaired) electrons. The van der Waals surface area contributed by atoms with E-state index in [-0.39, 0.29) is 23.5 Å². The topological polar surface area (TPSA) is 113 Å². The van der Waals surface area contributed by atoms with Gasteiger partial charge in [0.05, 0.1) is 30.5 Å². The molecule has 1 saturated heterocycles. The Morgan fingerprint density at radius 1 is 1.23 bits per heavy atom. The van der Waals surface area contributed by atoms with Gasteiger partial charge in [0.1, 0.15) is 0 Å². The van der Waals surface area contributed by atoms with Gasteiger partial charge in [0.25, 0.3) is 11.6 Å². The van der Waals surface area contributed by atoms with E-state index in [1.807, 2.05) is 4.90 Å². The van der Waals surface area contributed by atoms with Gasteiger partial charge in [-0.25, -0.2) is 0 Å². The van der Waals surface area contributed by atoms with E-state index in [0.717, 1.165) is 6.07 Å². The second kappa shape index (κ2) is 7.88. The Balaban J connectivity index is 1.76. The van der Waals surface area contributed by atoms with Gasteiger partial charge in [-0.15, -0.1) is 0 Å². The molecule has 0 unspecified atom stereocenters. The second-order valence-electron chi connectivity index (χ2n) is 7.11. The number of amides is 1. The zero-order valence-electron chi connectivity index (χ0n) is 15.8. The van der Waals surface area contributed by atoms with Crippen LogP contribution in [-0.4, -0.2) is 59.6 Å². The van der Waals surface area contributed by atoms with E-state index in [0.29, 0.717) is 36.5 Å². The highest BCUT2D eigenvalue weighted by molar-refractivity contribution is 9.10. The molecule has 1 atom stereocenters. The fraction of sp³-hybridized carbons (Fsp3) is 0.300. The van der Waals surface area contributed by atoms with Crippen LogP contribution < -0.4 is 4.90 Å². The maximum atomic E-state index is 13.4. The Morgan fingerprint density at radius 2 is 1.97 bits per heavy atom. The fourth-order valence-corrected chi connectivity index (χ4v) is 4.09.